The zero-order chi connectivity index (χ0) is 19.5. The summed E-state index contributed by atoms with van der Waals surface area (Å²) in [6.45, 7) is 6.68. The molecule has 6 nitrogen and oxygen atoms in total. The summed E-state index contributed by atoms with van der Waals surface area (Å²) in [7, 11) is 0. The van der Waals surface area contributed by atoms with E-state index in [9.17, 15) is 4.79 Å². The van der Waals surface area contributed by atoms with Crippen LogP contribution in [-0.2, 0) is 17.8 Å². The van der Waals surface area contributed by atoms with Gasteiger partial charge in [-0.05, 0) is 24.8 Å². The van der Waals surface area contributed by atoms with E-state index in [-0.39, 0.29) is 5.91 Å². The Kier molecular flexibility index (Phi) is 5.28. The molecule has 1 aliphatic heterocycles. The molecule has 0 bridgehead atoms. The zero-order valence-corrected chi connectivity index (χ0v) is 16.6. The van der Waals surface area contributed by atoms with Crippen molar-refractivity contribution in [1.82, 2.24) is 24.6 Å². The highest BCUT2D eigenvalue weighted by molar-refractivity contribution is 5.78. The standard InChI is InChI=1S/C22H27N5O/c1-16(2)13-18-14-19(25-24-18)22-21(17-7-4-3-5-8-17)23-15-27(22)12-11-26-10-6-9-20(26)28/h3-5,7-8,14-16H,6,9-13H2,1-2H3,(H,24,25). The summed E-state index contributed by atoms with van der Waals surface area (Å²) in [4.78, 5) is 18.6. The van der Waals surface area contributed by atoms with Crippen LogP contribution >= 0.6 is 0 Å². The molecule has 1 fully saturated rings. The number of hydrogen-bond acceptors (Lipinski definition) is 3. The maximum Gasteiger partial charge on any atom is 0.222 e. The number of imidazole rings is 1. The Morgan fingerprint density at radius 1 is 1.18 bits per heavy atom. The van der Waals surface area contributed by atoms with Crippen LogP contribution in [-0.4, -0.2) is 43.6 Å². The molecule has 28 heavy (non-hydrogen) atoms. The first-order valence-electron chi connectivity index (χ1n) is 10.0. The first kappa shape index (κ1) is 18.5. The maximum atomic E-state index is 12.0. The van der Waals surface area contributed by atoms with E-state index in [1.54, 1.807) is 0 Å². The van der Waals surface area contributed by atoms with E-state index in [0.717, 1.165) is 47.7 Å². The van der Waals surface area contributed by atoms with Crippen molar-refractivity contribution < 1.29 is 4.79 Å². The number of H-pyrrole nitrogens is 1. The Bertz CT molecular complexity index is 941. The lowest BCUT2D eigenvalue weighted by atomic mass is 10.1. The normalized spacial score (nSPS) is 14.4. The van der Waals surface area contributed by atoms with Crippen LogP contribution in [0.1, 0.15) is 32.4 Å². The van der Waals surface area contributed by atoms with E-state index in [4.69, 9.17) is 4.98 Å². The topological polar surface area (TPSA) is 66.8 Å². The molecule has 0 atom stereocenters. The second-order valence-corrected chi connectivity index (χ2v) is 7.86. The third-order valence-corrected chi connectivity index (χ3v) is 5.17. The van der Waals surface area contributed by atoms with Crippen molar-refractivity contribution in [3.8, 4) is 22.6 Å². The average Bonchev–Trinajstić information content (AvgIpc) is 3.40. The van der Waals surface area contributed by atoms with Crippen LogP contribution in [0.25, 0.3) is 22.6 Å². The van der Waals surface area contributed by atoms with Crippen LogP contribution in [0, 0.1) is 5.92 Å². The van der Waals surface area contributed by atoms with E-state index in [2.05, 4.69) is 46.8 Å². The first-order chi connectivity index (χ1) is 13.6. The number of hydrogen-bond donors (Lipinski definition) is 1. The van der Waals surface area contributed by atoms with Gasteiger partial charge < -0.3 is 9.47 Å². The molecule has 1 saturated heterocycles. The lowest BCUT2D eigenvalue weighted by Crippen LogP contribution is -2.28. The number of benzene rings is 1. The number of carbonyl (C=O) groups is 1. The van der Waals surface area contributed by atoms with Crippen molar-refractivity contribution in [2.75, 3.05) is 13.1 Å². The second-order valence-electron chi connectivity index (χ2n) is 7.86. The van der Waals surface area contributed by atoms with Gasteiger partial charge in [-0.2, -0.15) is 5.10 Å². The minimum atomic E-state index is 0.254. The van der Waals surface area contributed by atoms with Crippen molar-refractivity contribution in [3.63, 3.8) is 0 Å². The monoisotopic (exact) mass is 377 g/mol. The zero-order valence-electron chi connectivity index (χ0n) is 16.6. The summed E-state index contributed by atoms with van der Waals surface area (Å²) in [5.74, 6) is 0.817. The van der Waals surface area contributed by atoms with Gasteiger partial charge >= 0.3 is 0 Å². The Labute approximate surface area is 165 Å². The molecule has 3 heterocycles. The van der Waals surface area contributed by atoms with Crippen LogP contribution < -0.4 is 0 Å². The van der Waals surface area contributed by atoms with Crippen LogP contribution in [0.2, 0.25) is 0 Å². The third-order valence-electron chi connectivity index (χ3n) is 5.17. The maximum absolute atomic E-state index is 12.0. The number of carbonyl (C=O) groups excluding carboxylic acids is 1. The molecule has 0 radical (unpaired) electrons. The summed E-state index contributed by atoms with van der Waals surface area (Å²) >= 11 is 0. The number of nitrogens with zero attached hydrogens (tertiary/aromatic N) is 4. The van der Waals surface area contributed by atoms with Gasteiger partial charge in [0.1, 0.15) is 5.69 Å². The number of rotatable bonds is 7. The number of nitrogens with one attached hydrogen (secondary N) is 1. The largest absolute Gasteiger partial charge is 0.341 e. The highest BCUT2D eigenvalue weighted by Gasteiger charge is 2.22. The molecule has 1 aliphatic rings. The molecular weight excluding hydrogens is 350 g/mol. The molecule has 6 heteroatoms. The third kappa shape index (κ3) is 3.86. The molecule has 0 saturated carbocycles. The summed E-state index contributed by atoms with van der Waals surface area (Å²) in [5, 5.41) is 7.77. The SMILES string of the molecule is CC(C)Cc1cc(-c2c(-c3ccccc3)ncn2CCN2CCCC2=O)n[nH]1. The Balaban J connectivity index is 1.67. The highest BCUT2D eigenvalue weighted by Crippen LogP contribution is 2.31. The van der Waals surface area contributed by atoms with E-state index in [1.165, 1.54) is 0 Å². The molecular formula is C22H27N5O. The molecule has 1 amide bonds. The molecule has 1 N–H and O–H groups in total. The van der Waals surface area contributed by atoms with E-state index in [0.29, 0.717) is 25.4 Å². The van der Waals surface area contributed by atoms with E-state index >= 15 is 0 Å². The van der Waals surface area contributed by atoms with Crippen molar-refractivity contribution in [1.29, 1.82) is 0 Å². The van der Waals surface area contributed by atoms with Crippen molar-refractivity contribution in [2.24, 2.45) is 5.92 Å². The van der Waals surface area contributed by atoms with Gasteiger partial charge in [-0.3, -0.25) is 9.89 Å². The van der Waals surface area contributed by atoms with Gasteiger partial charge in [-0.15, -0.1) is 0 Å². The minimum absolute atomic E-state index is 0.254. The lowest BCUT2D eigenvalue weighted by Gasteiger charge is -2.16. The van der Waals surface area contributed by atoms with Crippen molar-refractivity contribution in [3.05, 3.63) is 48.4 Å². The highest BCUT2D eigenvalue weighted by atomic mass is 16.2. The summed E-state index contributed by atoms with van der Waals surface area (Å²) in [6, 6.07) is 12.3. The number of aromatic nitrogens is 4. The molecule has 2 aromatic heterocycles. The van der Waals surface area contributed by atoms with Gasteiger partial charge in [0.2, 0.25) is 5.91 Å². The molecule has 146 valence electrons. The smallest absolute Gasteiger partial charge is 0.222 e. The fourth-order valence-electron chi connectivity index (χ4n) is 3.82. The van der Waals surface area contributed by atoms with Crippen molar-refractivity contribution >= 4 is 5.91 Å². The average molecular weight is 377 g/mol. The van der Waals surface area contributed by atoms with Gasteiger partial charge in [-0.25, -0.2) is 4.98 Å². The summed E-state index contributed by atoms with van der Waals surface area (Å²) in [6.07, 6.45) is 4.46. The van der Waals surface area contributed by atoms with Crippen LogP contribution in [0.15, 0.2) is 42.7 Å². The minimum Gasteiger partial charge on any atom is -0.341 e. The van der Waals surface area contributed by atoms with Crippen LogP contribution in [0.4, 0.5) is 0 Å². The predicted molar refractivity (Wildman–Crippen MR) is 110 cm³/mol. The second kappa shape index (κ2) is 8.00. The molecule has 3 aromatic rings. The number of aromatic amines is 1. The van der Waals surface area contributed by atoms with Crippen LogP contribution in [0.3, 0.4) is 0 Å². The number of amides is 1. The summed E-state index contributed by atoms with van der Waals surface area (Å²) < 4.78 is 2.13. The van der Waals surface area contributed by atoms with Gasteiger partial charge in [0.25, 0.3) is 0 Å². The van der Waals surface area contributed by atoms with Gasteiger partial charge in [-0.1, -0.05) is 44.2 Å². The molecule has 0 spiro atoms. The van der Waals surface area contributed by atoms with Gasteiger partial charge in [0, 0.05) is 37.3 Å². The molecule has 4 rings (SSSR count). The quantitative estimate of drug-likeness (QED) is 0.682. The Morgan fingerprint density at radius 2 is 2.00 bits per heavy atom. The summed E-state index contributed by atoms with van der Waals surface area (Å²) in [5.41, 5.74) is 5.04. The fourth-order valence-corrected chi connectivity index (χ4v) is 3.82. The molecule has 0 aliphatic carbocycles. The predicted octanol–water partition coefficient (Wildman–Crippen LogP) is 3.76. The van der Waals surface area contributed by atoms with E-state index < -0.39 is 0 Å². The van der Waals surface area contributed by atoms with E-state index in [1.807, 2.05) is 29.4 Å². The first-order valence-corrected chi connectivity index (χ1v) is 10.0. The van der Waals surface area contributed by atoms with Gasteiger partial charge in [0.15, 0.2) is 0 Å². The molecule has 1 aromatic carbocycles. The van der Waals surface area contributed by atoms with Gasteiger partial charge in [0.05, 0.1) is 17.7 Å². The number of likely N-dealkylation sites (tertiary alicyclic amines) is 1. The Morgan fingerprint density at radius 3 is 2.71 bits per heavy atom. The van der Waals surface area contributed by atoms with Crippen molar-refractivity contribution in [2.45, 2.75) is 39.7 Å². The fraction of sp³-hybridized carbons (Fsp3) is 0.409. The van der Waals surface area contributed by atoms with Crippen LogP contribution in [0.5, 0.6) is 0 Å². The lowest BCUT2D eigenvalue weighted by molar-refractivity contribution is -0.127. The molecule has 0 unspecified atom stereocenters. The Hall–Kier alpha value is -2.89.